The van der Waals surface area contributed by atoms with Crippen LogP contribution in [0.25, 0.3) is 16.9 Å². The number of hydrogen-bond donors (Lipinski definition) is 0. The van der Waals surface area contributed by atoms with Crippen LogP contribution in [0.15, 0.2) is 22.7 Å². The van der Waals surface area contributed by atoms with Gasteiger partial charge in [0.1, 0.15) is 5.82 Å². The Morgan fingerprint density at radius 2 is 2.04 bits per heavy atom. The van der Waals surface area contributed by atoms with Gasteiger partial charge in [-0.1, -0.05) is 6.92 Å². The normalized spacial score (nSPS) is 15.5. The van der Waals surface area contributed by atoms with E-state index in [2.05, 4.69) is 20.1 Å². The van der Waals surface area contributed by atoms with Crippen molar-refractivity contribution in [2.45, 2.75) is 32.6 Å². The highest BCUT2D eigenvalue weighted by molar-refractivity contribution is 5.83. The number of halogens is 1. The van der Waals surface area contributed by atoms with Crippen LogP contribution in [-0.2, 0) is 6.42 Å². The van der Waals surface area contributed by atoms with E-state index < -0.39 is 0 Å². The van der Waals surface area contributed by atoms with Crippen molar-refractivity contribution in [2.24, 2.45) is 0 Å². The third-order valence-electron chi connectivity index (χ3n) is 4.28. The van der Waals surface area contributed by atoms with Gasteiger partial charge < -0.3 is 9.42 Å². The van der Waals surface area contributed by atoms with Crippen molar-refractivity contribution in [2.75, 3.05) is 18.0 Å². The largest absolute Gasteiger partial charge is 0.325 e. The highest BCUT2D eigenvalue weighted by atomic mass is 19.1. The molecule has 6 nitrogen and oxygen atoms in total. The fraction of sp³-hybridized carbons (Fsp3) is 0.438. The smallest absolute Gasteiger partial charge is 0.324 e. The van der Waals surface area contributed by atoms with Gasteiger partial charge in [0.05, 0.1) is 11.2 Å². The number of benzene rings is 1. The molecular formula is C16H18FN5O. The second-order valence-electron chi connectivity index (χ2n) is 5.80. The quantitative estimate of drug-likeness (QED) is 0.743. The molecule has 2 aromatic heterocycles. The predicted octanol–water partition coefficient (Wildman–Crippen LogP) is 3.10. The van der Waals surface area contributed by atoms with Crippen LogP contribution in [0.3, 0.4) is 0 Å². The van der Waals surface area contributed by atoms with Gasteiger partial charge in [-0.05, 0) is 43.0 Å². The summed E-state index contributed by atoms with van der Waals surface area (Å²) < 4.78 is 20.6. The van der Waals surface area contributed by atoms with Crippen molar-refractivity contribution in [3.63, 3.8) is 0 Å². The van der Waals surface area contributed by atoms with E-state index in [0.717, 1.165) is 43.4 Å². The Labute approximate surface area is 132 Å². The molecule has 3 heterocycles. The molecule has 0 aliphatic carbocycles. The lowest BCUT2D eigenvalue weighted by molar-refractivity contribution is 0.399. The lowest BCUT2D eigenvalue weighted by Gasteiger charge is -2.23. The molecule has 120 valence electrons. The number of anilines is 1. The van der Waals surface area contributed by atoms with Crippen LogP contribution in [0.5, 0.6) is 0 Å². The number of fused-ring (bicyclic) bond motifs is 1. The zero-order valence-corrected chi connectivity index (χ0v) is 13.0. The molecule has 4 rings (SSSR count). The molecule has 0 saturated carbocycles. The number of aryl methyl sites for hydroxylation is 1. The molecule has 0 unspecified atom stereocenters. The molecule has 3 aromatic rings. The summed E-state index contributed by atoms with van der Waals surface area (Å²) >= 11 is 0. The number of aromatic nitrogens is 4. The summed E-state index contributed by atoms with van der Waals surface area (Å²) in [7, 11) is 0. The first-order valence-electron chi connectivity index (χ1n) is 8.02. The van der Waals surface area contributed by atoms with Crippen LogP contribution in [0, 0.1) is 5.82 Å². The second-order valence-corrected chi connectivity index (χ2v) is 5.80. The zero-order chi connectivity index (χ0) is 15.8. The van der Waals surface area contributed by atoms with E-state index in [9.17, 15) is 4.39 Å². The minimum atomic E-state index is -0.305. The number of piperidine rings is 1. The molecule has 1 fully saturated rings. The molecular weight excluding hydrogens is 297 g/mol. The fourth-order valence-electron chi connectivity index (χ4n) is 3.07. The van der Waals surface area contributed by atoms with E-state index >= 15 is 0 Å². The molecule has 23 heavy (non-hydrogen) atoms. The van der Waals surface area contributed by atoms with Gasteiger partial charge in [0, 0.05) is 24.5 Å². The molecule has 7 heteroatoms. The number of hydrogen-bond acceptors (Lipinski definition) is 5. The highest BCUT2D eigenvalue weighted by Crippen LogP contribution is 2.24. The lowest BCUT2D eigenvalue weighted by Crippen LogP contribution is -2.29. The Morgan fingerprint density at radius 3 is 2.83 bits per heavy atom. The molecule has 1 aliphatic rings. The third kappa shape index (κ3) is 2.46. The Morgan fingerprint density at radius 1 is 1.22 bits per heavy atom. The summed E-state index contributed by atoms with van der Waals surface area (Å²) in [6, 6.07) is 5.16. The predicted molar refractivity (Wildman–Crippen MR) is 84.3 cm³/mol. The molecule has 0 N–H and O–H groups in total. The maximum absolute atomic E-state index is 13.6. The monoisotopic (exact) mass is 315 g/mol. The highest BCUT2D eigenvalue weighted by Gasteiger charge is 2.20. The lowest BCUT2D eigenvalue weighted by atomic mass is 10.1. The molecule has 0 radical (unpaired) electrons. The average molecular weight is 315 g/mol. The van der Waals surface area contributed by atoms with Crippen LogP contribution in [0.2, 0.25) is 0 Å². The maximum atomic E-state index is 13.6. The van der Waals surface area contributed by atoms with E-state index in [0.29, 0.717) is 17.5 Å². The summed E-state index contributed by atoms with van der Waals surface area (Å²) in [5, 5.41) is 9.48. The molecule has 0 bridgehead atoms. The molecule has 1 aliphatic heterocycles. The Kier molecular flexibility index (Phi) is 3.48. The van der Waals surface area contributed by atoms with Gasteiger partial charge in [0.2, 0.25) is 0 Å². The summed E-state index contributed by atoms with van der Waals surface area (Å²) in [5.74, 6) is 0.0434. The van der Waals surface area contributed by atoms with Crippen LogP contribution in [0.1, 0.15) is 31.9 Å². The molecule has 1 aromatic carbocycles. The van der Waals surface area contributed by atoms with Crippen molar-refractivity contribution in [1.29, 1.82) is 0 Å². The van der Waals surface area contributed by atoms with Crippen molar-refractivity contribution >= 4 is 16.9 Å². The van der Waals surface area contributed by atoms with E-state index in [-0.39, 0.29) is 5.82 Å². The molecule has 1 saturated heterocycles. The van der Waals surface area contributed by atoms with Gasteiger partial charge in [0.25, 0.3) is 5.95 Å². The molecule has 0 amide bonds. The SMILES string of the molecule is CCc1nn(-c2noc(N3CCCCC3)n2)c2cc(F)ccc12. The van der Waals surface area contributed by atoms with Crippen LogP contribution < -0.4 is 4.90 Å². The van der Waals surface area contributed by atoms with Gasteiger partial charge in [0.15, 0.2) is 0 Å². The van der Waals surface area contributed by atoms with Gasteiger partial charge in [-0.2, -0.15) is 14.8 Å². The van der Waals surface area contributed by atoms with E-state index in [1.807, 2.05) is 6.92 Å². The summed E-state index contributed by atoms with van der Waals surface area (Å²) in [6.07, 6.45) is 4.26. The molecule has 0 atom stereocenters. The topological polar surface area (TPSA) is 60.0 Å². The number of rotatable bonds is 3. The van der Waals surface area contributed by atoms with Gasteiger partial charge in [-0.15, -0.1) is 0 Å². The van der Waals surface area contributed by atoms with Crippen molar-refractivity contribution in [1.82, 2.24) is 19.9 Å². The van der Waals surface area contributed by atoms with Crippen LogP contribution in [0.4, 0.5) is 10.4 Å². The first-order valence-corrected chi connectivity index (χ1v) is 8.02. The van der Waals surface area contributed by atoms with Crippen molar-refractivity contribution in [3.05, 3.63) is 29.7 Å². The Bertz CT molecular complexity index is 834. The zero-order valence-electron chi connectivity index (χ0n) is 13.0. The van der Waals surface area contributed by atoms with Crippen molar-refractivity contribution in [3.8, 4) is 5.95 Å². The summed E-state index contributed by atoms with van der Waals surface area (Å²) in [6.45, 7) is 3.87. The average Bonchev–Trinajstić information content (AvgIpc) is 3.19. The van der Waals surface area contributed by atoms with E-state index in [4.69, 9.17) is 4.52 Å². The van der Waals surface area contributed by atoms with Crippen LogP contribution >= 0.6 is 0 Å². The number of nitrogens with zero attached hydrogens (tertiary/aromatic N) is 5. The molecule has 0 spiro atoms. The van der Waals surface area contributed by atoms with E-state index in [1.54, 1.807) is 10.7 Å². The second kappa shape index (κ2) is 5.64. The Hall–Kier alpha value is -2.44. The minimum absolute atomic E-state index is 0.305. The van der Waals surface area contributed by atoms with Crippen molar-refractivity contribution < 1.29 is 8.91 Å². The van der Waals surface area contributed by atoms with Gasteiger partial charge >= 0.3 is 6.01 Å². The van der Waals surface area contributed by atoms with Gasteiger partial charge in [-0.25, -0.2) is 4.39 Å². The third-order valence-corrected chi connectivity index (χ3v) is 4.28. The van der Waals surface area contributed by atoms with E-state index in [1.165, 1.54) is 18.6 Å². The van der Waals surface area contributed by atoms with Crippen LogP contribution in [-0.4, -0.2) is 33.0 Å². The van der Waals surface area contributed by atoms with Gasteiger partial charge in [-0.3, -0.25) is 0 Å². The first kappa shape index (κ1) is 14.2. The summed E-state index contributed by atoms with van der Waals surface area (Å²) in [5.41, 5.74) is 1.55. The minimum Gasteiger partial charge on any atom is -0.324 e. The summed E-state index contributed by atoms with van der Waals surface area (Å²) in [4.78, 5) is 6.55. The first-order chi connectivity index (χ1) is 11.3. The Balaban J connectivity index is 1.77. The standard InChI is InChI=1S/C16H18FN5O/c1-2-13-12-7-6-11(17)10-14(12)22(19-13)15-18-16(23-20-15)21-8-4-3-5-9-21/h6-7,10H,2-5,8-9H2,1H3. The fourth-order valence-corrected chi connectivity index (χ4v) is 3.07. The maximum Gasteiger partial charge on any atom is 0.325 e.